The van der Waals surface area contributed by atoms with Crippen LogP contribution in [0.2, 0.25) is 0 Å². The van der Waals surface area contributed by atoms with Crippen LogP contribution in [-0.4, -0.2) is 53.5 Å². The topological polar surface area (TPSA) is 113 Å². The van der Waals surface area contributed by atoms with Gasteiger partial charge in [0.1, 0.15) is 12.1 Å². The number of nitrogens with one attached hydrogen (secondary N) is 2. The first kappa shape index (κ1) is 20.1. The Bertz CT molecular complexity index is 613. The van der Waals surface area contributed by atoms with Crippen LogP contribution in [0.5, 0.6) is 0 Å². The van der Waals surface area contributed by atoms with Gasteiger partial charge in [-0.15, -0.1) is 0 Å². The zero-order valence-corrected chi connectivity index (χ0v) is 15.9. The first-order chi connectivity index (χ1) is 12.4. The minimum atomic E-state index is -0.591. The van der Waals surface area contributed by atoms with Crippen LogP contribution in [0.25, 0.3) is 0 Å². The Morgan fingerprint density at radius 2 is 2.00 bits per heavy atom. The highest BCUT2D eigenvalue weighted by Crippen LogP contribution is 2.18. The van der Waals surface area contributed by atoms with E-state index in [-0.39, 0.29) is 30.3 Å². The van der Waals surface area contributed by atoms with Gasteiger partial charge in [-0.1, -0.05) is 20.8 Å². The zero-order chi connectivity index (χ0) is 19.1. The summed E-state index contributed by atoms with van der Waals surface area (Å²) in [6.45, 7) is 7.44. The standard InChI is InChI=1S/C18H30N6O2/c1-4-13-9-15(22-11-21-13)24-7-5-14(6-8-24)23-16(25)10-20-18(26)17(19)12(2)3/h9,11-12,14,17H,4-8,10,19H2,1-3H3,(H,20,26)(H,23,25)/t17-/m0/s1. The summed E-state index contributed by atoms with van der Waals surface area (Å²) in [5.74, 6) is 0.512. The molecule has 0 spiro atoms. The van der Waals surface area contributed by atoms with Crippen LogP contribution < -0.4 is 21.3 Å². The first-order valence-corrected chi connectivity index (χ1v) is 9.29. The number of rotatable bonds is 7. The average molecular weight is 362 g/mol. The van der Waals surface area contributed by atoms with Crippen molar-refractivity contribution < 1.29 is 9.59 Å². The second-order valence-electron chi connectivity index (χ2n) is 7.04. The number of nitrogens with two attached hydrogens (primary N) is 1. The Balaban J connectivity index is 1.74. The number of anilines is 1. The lowest BCUT2D eigenvalue weighted by Gasteiger charge is -2.33. The van der Waals surface area contributed by atoms with Crippen LogP contribution in [0.15, 0.2) is 12.4 Å². The van der Waals surface area contributed by atoms with Gasteiger partial charge in [0.15, 0.2) is 0 Å². The van der Waals surface area contributed by atoms with Crippen molar-refractivity contribution in [1.29, 1.82) is 0 Å². The predicted octanol–water partition coefficient (Wildman–Crippen LogP) is 0.224. The third-order valence-corrected chi connectivity index (χ3v) is 4.70. The molecule has 1 aromatic rings. The maximum atomic E-state index is 12.0. The molecule has 1 aliphatic rings. The second-order valence-corrected chi connectivity index (χ2v) is 7.04. The number of piperidine rings is 1. The van der Waals surface area contributed by atoms with Gasteiger partial charge in [-0.3, -0.25) is 9.59 Å². The van der Waals surface area contributed by atoms with Gasteiger partial charge in [-0.05, 0) is 25.2 Å². The Hall–Kier alpha value is -2.22. The van der Waals surface area contributed by atoms with E-state index in [1.54, 1.807) is 6.33 Å². The number of nitrogens with zero attached hydrogens (tertiary/aromatic N) is 3. The molecule has 2 rings (SSSR count). The SMILES string of the molecule is CCc1cc(N2CCC(NC(=O)CNC(=O)[C@@H](N)C(C)C)CC2)ncn1. The molecule has 0 radical (unpaired) electrons. The van der Waals surface area contributed by atoms with Gasteiger partial charge in [-0.25, -0.2) is 9.97 Å². The number of carbonyl (C=O) groups excluding carboxylic acids is 2. The number of amides is 2. The predicted molar refractivity (Wildman–Crippen MR) is 101 cm³/mol. The van der Waals surface area contributed by atoms with Gasteiger partial charge in [0.05, 0.1) is 12.6 Å². The van der Waals surface area contributed by atoms with E-state index in [0.717, 1.165) is 43.9 Å². The fourth-order valence-corrected chi connectivity index (χ4v) is 2.87. The molecular weight excluding hydrogens is 332 g/mol. The van der Waals surface area contributed by atoms with Gasteiger partial charge in [0.25, 0.3) is 0 Å². The van der Waals surface area contributed by atoms with E-state index in [2.05, 4.69) is 32.4 Å². The molecule has 1 aromatic heterocycles. The molecule has 0 saturated carbocycles. The van der Waals surface area contributed by atoms with E-state index < -0.39 is 6.04 Å². The van der Waals surface area contributed by atoms with Crippen molar-refractivity contribution in [2.45, 2.75) is 52.1 Å². The minimum Gasteiger partial charge on any atom is -0.356 e. The molecule has 0 aromatic carbocycles. The Kier molecular flexibility index (Phi) is 7.32. The van der Waals surface area contributed by atoms with Gasteiger partial charge >= 0.3 is 0 Å². The smallest absolute Gasteiger partial charge is 0.239 e. The highest BCUT2D eigenvalue weighted by atomic mass is 16.2. The van der Waals surface area contributed by atoms with Gasteiger partial charge < -0.3 is 21.3 Å². The number of hydrogen-bond acceptors (Lipinski definition) is 6. The molecule has 26 heavy (non-hydrogen) atoms. The summed E-state index contributed by atoms with van der Waals surface area (Å²) in [7, 11) is 0. The molecule has 0 aliphatic carbocycles. The van der Waals surface area contributed by atoms with E-state index in [1.807, 2.05) is 19.9 Å². The van der Waals surface area contributed by atoms with E-state index >= 15 is 0 Å². The number of hydrogen-bond donors (Lipinski definition) is 3. The molecule has 8 nitrogen and oxygen atoms in total. The first-order valence-electron chi connectivity index (χ1n) is 9.29. The molecule has 2 heterocycles. The van der Waals surface area contributed by atoms with Crippen LogP contribution in [0.1, 0.15) is 39.3 Å². The molecule has 144 valence electrons. The van der Waals surface area contributed by atoms with Crippen molar-refractivity contribution in [2.75, 3.05) is 24.5 Å². The van der Waals surface area contributed by atoms with Gasteiger partial charge in [0, 0.05) is 30.9 Å². The van der Waals surface area contributed by atoms with Crippen molar-refractivity contribution in [1.82, 2.24) is 20.6 Å². The fourth-order valence-electron chi connectivity index (χ4n) is 2.87. The second kappa shape index (κ2) is 9.47. The number of aromatic nitrogens is 2. The molecule has 4 N–H and O–H groups in total. The van der Waals surface area contributed by atoms with E-state index in [1.165, 1.54) is 0 Å². The van der Waals surface area contributed by atoms with Crippen molar-refractivity contribution in [3.63, 3.8) is 0 Å². The third-order valence-electron chi connectivity index (χ3n) is 4.70. The van der Waals surface area contributed by atoms with E-state index in [9.17, 15) is 9.59 Å². The van der Waals surface area contributed by atoms with Crippen molar-refractivity contribution in [2.24, 2.45) is 11.7 Å². The lowest BCUT2D eigenvalue weighted by Crippen LogP contribution is -2.50. The molecule has 0 bridgehead atoms. The van der Waals surface area contributed by atoms with Crippen molar-refractivity contribution in [3.05, 3.63) is 18.1 Å². The van der Waals surface area contributed by atoms with Crippen LogP contribution in [0.4, 0.5) is 5.82 Å². The molecule has 1 fully saturated rings. The fraction of sp³-hybridized carbons (Fsp3) is 0.667. The highest BCUT2D eigenvalue weighted by Gasteiger charge is 2.22. The lowest BCUT2D eigenvalue weighted by atomic mass is 10.0. The van der Waals surface area contributed by atoms with Crippen LogP contribution in [0, 0.1) is 5.92 Å². The summed E-state index contributed by atoms with van der Waals surface area (Å²) in [5.41, 5.74) is 6.79. The summed E-state index contributed by atoms with van der Waals surface area (Å²) in [6.07, 6.45) is 4.17. The minimum absolute atomic E-state index is 0.0365. The summed E-state index contributed by atoms with van der Waals surface area (Å²) in [6, 6.07) is 1.54. The molecule has 8 heteroatoms. The monoisotopic (exact) mass is 362 g/mol. The van der Waals surface area contributed by atoms with Gasteiger partial charge in [-0.2, -0.15) is 0 Å². The molecule has 1 saturated heterocycles. The Morgan fingerprint density at radius 1 is 1.31 bits per heavy atom. The maximum absolute atomic E-state index is 12.0. The number of carbonyl (C=O) groups is 2. The van der Waals surface area contributed by atoms with Crippen molar-refractivity contribution in [3.8, 4) is 0 Å². The van der Waals surface area contributed by atoms with Crippen molar-refractivity contribution >= 4 is 17.6 Å². The molecule has 1 atom stereocenters. The van der Waals surface area contributed by atoms with Crippen LogP contribution >= 0.6 is 0 Å². The summed E-state index contributed by atoms with van der Waals surface area (Å²) in [4.78, 5) is 34.6. The molecule has 2 amide bonds. The quantitative estimate of drug-likeness (QED) is 0.640. The molecule has 1 aliphatic heterocycles. The highest BCUT2D eigenvalue weighted by molar-refractivity contribution is 5.87. The Labute approximate surface area is 154 Å². The molecule has 0 unspecified atom stereocenters. The Morgan fingerprint density at radius 3 is 2.62 bits per heavy atom. The summed E-state index contributed by atoms with van der Waals surface area (Å²) < 4.78 is 0. The van der Waals surface area contributed by atoms with Crippen LogP contribution in [0.3, 0.4) is 0 Å². The normalized spacial score (nSPS) is 16.4. The van der Waals surface area contributed by atoms with E-state index in [4.69, 9.17) is 5.73 Å². The molecular formula is C18H30N6O2. The summed E-state index contributed by atoms with van der Waals surface area (Å²) in [5, 5.41) is 5.58. The lowest BCUT2D eigenvalue weighted by molar-refractivity contribution is -0.127. The van der Waals surface area contributed by atoms with Gasteiger partial charge in [0.2, 0.25) is 11.8 Å². The largest absolute Gasteiger partial charge is 0.356 e. The average Bonchev–Trinajstić information content (AvgIpc) is 2.66. The summed E-state index contributed by atoms with van der Waals surface area (Å²) >= 11 is 0. The number of aryl methyl sites for hydroxylation is 1. The zero-order valence-electron chi connectivity index (χ0n) is 15.9. The maximum Gasteiger partial charge on any atom is 0.239 e. The van der Waals surface area contributed by atoms with Crippen LogP contribution in [-0.2, 0) is 16.0 Å². The van der Waals surface area contributed by atoms with E-state index in [0.29, 0.717) is 0 Å². The third kappa shape index (κ3) is 5.66.